The first kappa shape index (κ1) is 15.0. The van der Waals surface area contributed by atoms with E-state index in [2.05, 4.69) is 0 Å². The van der Waals surface area contributed by atoms with Crippen LogP contribution in [0.4, 0.5) is 0 Å². The smallest absolute Gasteiger partial charge is 0.335 e. The molecule has 5 nitrogen and oxygen atoms in total. The van der Waals surface area contributed by atoms with E-state index in [1.54, 1.807) is 24.3 Å². The molecule has 0 radical (unpaired) electrons. The van der Waals surface area contributed by atoms with Crippen molar-refractivity contribution in [2.45, 2.75) is 6.61 Å². The van der Waals surface area contributed by atoms with Crippen LogP contribution in [-0.2, 0) is 6.61 Å². The summed E-state index contributed by atoms with van der Waals surface area (Å²) < 4.78 is 10.7. The monoisotopic (exact) mass is 308 g/mol. The molecule has 0 fully saturated rings. The number of ether oxygens (including phenoxy) is 2. The van der Waals surface area contributed by atoms with E-state index in [-0.39, 0.29) is 34.4 Å². The van der Waals surface area contributed by atoms with Gasteiger partial charge in [-0.1, -0.05) is 23.7 Å². The molecule has 2 aromatic carbocycles. The summed E-state index contributed by atoms with van der Waals surface area (Å²) in [4.78, 5) is 11.0. The normalized spacial score (nSPS) is 10.2. The molecule has 2 N–H and O–H groups in total. The summed E-state index contributed by atoms with van der Waals surface area (Å²) in [6.45, 7) is 0.211. The number of aromatic carboxylic acids is 1. The Morgan fingerprint density at radius 1 is 1.24 bits per heavy atom. The fourth-order valence-electron chi connectivity index (χ4n) is 1.73. The highest BCUT2D eigenvalue weighted by molar-refractivity contribution is 6.32. The second-order valence-electron chi connectivity index (χ2n) is 4.25. The van der Waals surface area contributed by atoms with Crippen molar-refractivity contribution in [3.05, 3.63) is 52.5 Å². The van der Waals surface area contributed by atoms with Crippen molar-refractivity contribution in [2.24, 2.45) is 0 Å². The maximum atomic E-state index is 11.0. The summed E-state index contributed by atoms with van der Waals surface area (Å²) in [6.07, 6.45) is 0. The number of halogens is 1. The van der Waals surface area contributed by atoms with Gasteiger partial charge < -0.3 is 19.7 Å². The molecule has 21 heavy (non-hydrogen) atoms. The highest BCUT2D eigenvalue weighted by Crippen LogP contribution is 2.37. The molecule has 6 heteroatoms. The fourth-order valence-corrected chi connectivity index (χ4v) is 2.00. The topological polar surface area (TPSA) is 76.0 Å². The number of carboxylic acid groups (broad SMARTS) is 1. The van der Waals surface area contributed by atoms with Gasteiger partial charge in [0, 0.05) is 0 Å². The fraction of sp³-hybridized carbons (Fsp3) is 0.133. The SMILES string of the molecule is COc1cc(C(=O)O)cc(Cl)c1OCc1ccc(O)cc1. The van der Waals surface area contributed by atoms with E-state index >= 15 is 0 Å². The van der Waals surface area contributed by atoms with Crippen LogP contribution in [0.25, 0.3) is 0 Å². The van der Waals surface area contributed by atoms with Crippen LogP contribution in [0, 0.1) is 0 Å². The summed E-state index contributed by atoms with van der Waals surface area (Å²) >= 11 is 6.04. The molecule has 0 aliphatic heterocycles. The van der Waals surface area contributed by atoms with Crippen molar-refractivity contribution < 1.29 is 24.5 Å². The summed E-state index contributed by atoms with van der Waals surface area (Å²) in [5, 5.41) is 18.3. The predicted molar refractivity (Wildman–Crippen MR) is 77.4 cm³/mol. The molecule has 0 aliphatic rings. The van der Waals surface area contributed by atoms with Crippen LogP contribution in [-0.4, -0.2) is 23.3 Å². The maximum absolute atomic E-state index is 11.0. The van der Waals surface area contributed by atoms with Crippen molar-refractivity contribution in [1.29, 1.82) is 0 Å². The Morgan fingerprint density at radius 3 is 2.48 bits per heavy atom. The molecule has 0 unspecified atom stereocenters. The van der Waals surface area contributed by atoms with Gasteiger partial charge >= 0.3 is 5.97 Å². The van der Waals surface area contributed by atoms with E-state index in [1.165, 1.54) is 19.2 Å². The minimum atomic E-state index is -1.10. The Bertz CT molecular complexity index is 652. The molecule has 110 valence electrons. The zero-order valence-corrected chi connectivity index (χ0v) is 11.9. The number of carboxylic acids is 1. The third-order valence-electron chi connectivity index (χ3n) is 2.80. The molecule has 0 aromatic heterocycles. The highest BCUT2D eigenvalue weighted by Gasteiger charge is 2.15. The van der Waals surface area contributed by atoms with Gasteiger partial charge in [-0.3, -0.25) is 0 Å². The van der Waals surface area contributed by atoms with Gasteiger partial charge in [-0.05, 0) is 29.8 Å². The van der Waals surface area contributed by atoms with Crippen LogP contribution in [0.2, 0.25) is 5.02 Å². The third-order valence-corrected chi connectivity index (χ3v) is 3.08. The number of methoxy groups -OCH3 is 1. The number of rotatable bonds is 5. The predicted octanol–water partition coefficient (Wildman–Crippen LogP) is 3.33. The molecule has 0 saturated carbocycles. The molecule has 2 rings (SSSR count). The van der Waals surface area contributed by atoms with E-state index in [1.807, 2.05) is 0 Å². The number of hydrogen-bond donors (Lipinski definition) is 2. The van der Waals surface area contributed by atoms with Crippen LogP contribution < -0.4 is 9.47 Å². The molecule has 0 aliphatic carbocycles. The van der Waals surface area contributed by atoms with Crippen molar-refractivity contribution >= 4 is 17.6 Å². The molecule has 0 saturated heterocycles. The van der Waals surface area contributed by atoms with Gasteiger partial charge in [0.25, 0.3) is 0 Å². The quantitative estimate of drug-likeness (QED) is 0.886. The van der Waals surface area contributed by atoms with Gasteiger partial charge in [-0.25, -0.2) is 4.79 Å². The van der Waals surface area contributed by atoms with Crippen molar-refractivity contribution in [3.8, 4) is 17.2 Å². The first-order valence-corrected chi connectivity index (χ1v) is 6.40. The van der Waals surface area contributed by atoms with Gasteiger partial charge in [0.05, 0.1) is 17.7 Å². The molecule has 0 atom stereocenters. The number of phenols is 1. The average Bonchev–Trinajstić information content (AvgIpc) is 2.46. The second-order valence-corrected chi connectivity index (χ2v) is 4.66. The van der Waals surface area contributed by atoms with E-state index in [4.69, 9.17) is 26.2 Å². The first-order valence-electron chi connectivity index (χ1n) is 6.03. The van der Waals surface area contributed by atoms with Crippen LogP contribution in [0.1, 0.15) is 15.9 Å². The second kappa shape index (κ2) is 6.37. The van der Waals surface area contributed by atoms with Crippen molar-refractivity contribution in [1.82, 2.24) is 0 Å². The lowest BCUT2D eigenvalue weighted by atomic mass is 10.2. The average molecular weight is 309 g/mol. The molecule has 0 spiro atoms. The zero-order valence-electron chi connectivity index (χ0n) is 11.2. The first-order chi connectivity index (χ1) is 10.0. The Balaban J connectivity index is 2.23. The van der Waals surface area contributed by atoms with Gasteiger partial charge in [-0.2, -0.15) is 0 Å². The van der Waals surface area contributed by atoms with Crippen LogP contribution >= 0.6 is 11.6 Å². The third kappa shape index (κ3) is 3.58. The summed E-state index contributed by atoms with van der Waals surface area (Å²) in [6, 6.07) is 9.16. The van der Waals surface area contributed by atoms with Gasteiger partial charge in [0.15, 0.2) is 11.5 Å². The van der Waals surface area contributed by atoms with Crippen LogP contribution in [0.5, 0.6) is 17.2 Å². The number of aromatic hydroxyl groups is 1. The maximum Gasteiger partial charge on any atom is 0.335 e. The Morgan fingerprint density at radius 2 is 1.90 bits per heavy atom. The lowest BCUT2D eigenvalue weighted by molar-refractivity contribution is 0.0696. The summed E-state index contributed by atoms with van der Waals surface area (Å²) in [5.74, 6) is -0.406. The lowest BCUT2D eigenvalue weighted by Crippen LogP contribution is -2.02. The highest BCUT2D eigenvalue weighted by atomic mass is 35.5. The van der Waals surface area contributed by atoms with E-state index in [9.17, 15) is 9.90 Å². The number of benzene rings is 2. The molecular weight excluding hydrogens is 296 g/mol. The molecule has 0 amide bonds. The number of carbonyl (C=O) groups is 1. The number of phenolic OH excluding ortho intramolecular Hbond substituents is 1. The molecular formula is C15H13ClO5. The summed E-state index contributed by atoms with van der Waals surface area (Å²) in [7, 11) is 1.41. The number of hydrogen-bond acceptors (Lipinski definition) is 4. The van der Waals surface area contributed by atoms with Gasteiger partial charge in [-0.15, -0.1) is 0 Å². The zero-order chi connectivity index (χ0) is 15.4. The van der Waals surface area contributed by atoms with Crippen molar-refractivity contribution in [2.75, 3.05) is 7.11 Å². The van der Waals surface area contributed by atoms with Gasteiger partial charge in [0.2, 0.25) is 0 Å². The van der Waals surface area contributed by atoms with E-state index in [0.717, 1.165) is 5.56 Å². The van der Waals surface area contributed by atoms with Crippen LogP contribution in [0.3, 0.4) is 0 Å². The summed E-state index contributed by atoms with van der Waals surface area (Å²) in [5.41, 5.74) is 0.849. The van der Waals surface area contributed by atoms with Gasteiger partial charge in [0.1, 0.15) is 12.4 Å². The van der Waals surface area contributed by atoms with E-state index < -0.39 is 5.97 Å². The van der Waals surface area contributed by atoms with Crippen molar-refractivity contribution in [3.63, 3.8) is 0 Å². The largest absolute Gasteiger partial charge is 0.508 e. The molecule has 0 heterocycles. The molecule has 0 bridgehead atoms. The Labute approximate surface area is 126 Å². The van der Waals surface area contributed by atoms with E-state index in [0.29, 0.717) is 0 Å². The standard InChI is InChI=1S/C15H13ClO5/c1-20-13-7-10(15(18)19)6-12(16)14(13)21-8-9-2-4-11(17)5-3-9/h2-7,17H,8H2,1H3,(H,18,19). The minimum absolute atomic E-state index is 0.0221. The van der Waals surface area contributed by atoms with Crippen LogP contribution in [0.15, 0.2) is 36.4 Å². The lowest BCUT2D eigenvalue weighted by Gasteiger charge is -2.13. The minimum Gasteiger partial charge on any atom is -0.508 e. The Hall–Kier alpha value is -2.40. The Kier molecular flexibility index (Phi) is 4.55. The molecule has 2 aromatic rings.